The number of hydrogen-bond donors (Lipinski definition) is 2. The summed E-state index contributed by atoms with van der Waals surface area (Å²) in [6.07, 6.45) is 3.10. The number of amides is 1. The normalized spacial score (nSPS) is 12.4. The molecule has 9 nitrogen and oxygen atoms in total. The van der Waals surface area contributed by atoms with E-state index in [0.717, 1.165) is 22.9 Å². The lowest BCUT2D eigenvalue weighted by molar-refractivity contribution is -0.117. The molecule has 0 saturated heterocycles. The number of pyridine rings is 1. The molecule has 164 valence electrons. The van der Waals surface area contributed by atoms with Gasteiger partial charge in [-0.2, -0.15) is 0 Å². The van der Waals surface area contributed by atoms with Crippen LogP contribution in [0.2, 0.25) is 0 Å². The fourth-order valence-corrected chi connectivity index (χ4v) is 4.22. The first-order valence-electron chi connectivity index (χ1n) is 9.77. The van der Waals surface area contributed by atoms with Crippen molar-refractivity contribution in [2.45, 2.75) is 18.0 Å². The van der Waals surface area contributed by atoms with E-state index >= 15 is 0 Å². The topological polar surface area (TPSA) is 107 Å². The molecule has 1 aliphatic heterocycles. The van der Waals surface area contributed by atoms with Crippen molar-refractivity contribution < 1.29 is 9.53 Å². The van der Waals surface area contributed by atoms with E-state index in [1.54, 1.807) is 25.4 Å². The third-order valence-electron chi connectivity index (χ3n) is 4.93. The Labute approximate surface area is 187 Å². The van der Waals surface area contributed by atoms with Gasteiger partial charge in [0.1, 0.15) is 10.7 Å². The summed E-state index contributed by atoms with van der Waals surface area (Å²) in [6, 6.07) is 12.8. The first-order chi connectivity index (χ1) is 15.5. The van der Waals surface area contributed by atoms with Crippen molar-refractivity contribution in [1.29, 1.82) is 0 Å². The number of nitrogens with zero attached hydrogens (tertiary/aromatic N) is 3. The van der Waals surface area contributed by atoms with Crippen LogP contribution in [0.4, 0.5) is 5.82 Å². The maximum atomic E-state index is 13.1. The number of rotatable bonds is 6. The van der Waals surface area contributed by atoms with Crippen LogP contribution in [-0.4, -0.2) is 27.1 Å². The van der Waals surface area contributed by atoms with Gasteiger partial charge in [0, 0.05) is 32.1 Å². The van der Waals surface area contributed by atoms with Crippen molar-refractivity contribution in [3.05, 3.63) is 91.7 Å². The zero-order valence-electron chi connectivity index (χ0n) is 17.5. The number of carbonyl (C=O) groups excluding carboxylic acids is 1. The van der Waals surface area contributed by atoms with Gasteiger partial charge in [0.15, 0.2) is 0 Å². The number of ether oxygens (including phenoxy) is 1. The number of fused-ring (bicyclic) bond motifs is 1. The lowest BCUT2D eigenvalue weighted by Crippen LogP contribution is -2.41. The zero-order chi connectivity index (χ0) is 22.7. The van der Waals surface area contributed by atoms with Crippen LogP contribution in [0.5, 0.6) is 5.88 Å². The van der Waals surface area contributed by atoms with Gasteiger partial charge in [0.2, 0.25) is 5.88 Å². The number of benzene rings is 1. The molecule has 10 heteroatoms. The van der Waals surface area contributed by atoms with Crippen LogP contribution in [0, 0.1) is 0 Å². The maximum Gasteiger partial charge on any atom is 0.332 e. The highest BCUT2D eigenvalue weighted by Gasteiger charge is 2.25. The Bertz CT molecular complexity index is 1310. The zero-order valence-corrected chi connectivity index (χ0v) is 18.3. The summed E-state index contributed by atoms with van der Waals surface area (Å²) in [5.74, 6) is 0.481. The highest BCUT2D eigenvalue weighted by atomic mass is 32.2. The minimum absolute atomic E-state index is 0.148. The largest absolute Gasteiger partial charge is 0.481 e. The van der Waals surface area contributed by atoms with E-state index in [1.165, 1.54) is 22.4 Å². The summed E-state index contributed by atoms with van der Waals surface area (Å²) in [7, 11) is 3.11. The van der Waals surface area contributed by atoms with Gasteiger partial charge in [-0.1, -0.05) is 42.1 Å². The predicted molar refractivity (Wildman–Crippen MR) is 122 cm³/mol. The molecule has 0 fully saturated rings. The van der Waals surface area contributed by atoms with Crippen LogP contribution in [0.1, 0.15) is 11.1 Å². The SMILES string of the molecule is COc1cc(CNC(=O)C2=CNc3c(c(=O)n(Cc4ccccc4)c(=O)n3C)S2)ccn1. The molecule has 1 aliphatic rings. The number of anilines is 1. The van der Waals surface area contributed by atoms with E-state index in [1.807, 2.05) is 30.3 Å². The highest BCUT2D eigenvalue weighted by molar-refractivity contribution is 8.04. The van der Waals surface area contributed by atoms with E-state index < -0.39 is 11.2 Å². The average molecular weight is 452 g/mol. The number of thioether (sulfide) groups is 1. The van der Waals surface area contributed by atoms with Crippen molar-refractivity contribution in [1.82, 2.24) is 19.4 Å². The lowest BCUT2D eigenvalue weighted by atomic mass is 10.2. The smallest absolute Gasteiger partial charge is 0.332 e. The Balaban J connectivity index is 1.55. The Morgan fingerprint density at radius 1 is 1.19 bits per heavy atom. The van der Waals surface area contributed by atoms with Crippen LogP contribution in [0.25, 0.3) is 0 Å². The molecule has 0 bridgehead atoms. The Morgan fingerprint density at radius 2 is 1.97 bits per heavy atom. The minimum atomic E-state index is -0.443. The molecule has 0 spiro atoms. The van der Waals surface area contributed by atoms with Gasteiger partial charge in [0.25, 0.3) is 11.5 Å². The second kappa shape index (κ2) is 9.15. The molecule has 2 N–H and O–H groups in total. The fraction of sp³-hybridized carbons (Fsp3) is 0.182. The summed E-state index contributed by atoms with van der Waals surface area (Å²) in [6.45, 7) is 0.420. The van der Waals surface area contributed by atoms with E-state index in [0.29, 0.717) is 21.5 Å². The quantitative estimate of drug-likeness (QED) is 0.587. The second-order valence-electron chi connectivity index (χ2n) is 7.04. The Hall–Kier alpha value is -3.79. The fourth-order valence-electron chi connectivity index (χ4n) is 3.23. The molecule has 4 rings (SSSR count). The maximum absolute atomic E-state index is 13.1. The van der Waals surface area contributed by atoms with Gasteiger partial charge in [-0.05, 0) is 17.2 Å². The van der Waals surface area contributed by atoms with E-state index in [4.69, 9.17) is 4.74 Å². The van der Waals surface area contributed by atoms with Gasteiger partial charge in [-0.25, -0.2) is 9.78 Å². The van der Waals surface area contributed by atoms with Crippen molar-refractivity contribution in [3.63, 3.8) is 0 Å². The Kier molecular flexibility index (Phi) is 6.13. The predicted octanol–water partition coefficient (Wildman–Crippen LogP) is 1.67. The number of aromatic nitrogens is 3. The van der Waals surface area contributed by atoms with Gasteiger partial charge < -0.3 is 15.4 Å². The second-order valence-corrected chi connectivity index (χ2v) is 8.09. The van der Waals surface area contributed by atoms with Crippen molar-refractivity contribution in [3.8, 4) is 5.88 Å². The molecule has 0 radical (unpaired) electrons. The van der Waals surface area contributed by atoms with Gasteiger partial charge in [0.05, 0.1) is 18.6 Å². The van der Waals surface area contributed by atoms with Crippen molar-refractivity contribution >= 4 is 23.5 Å². The first kappa shape index (κ1) is 21.4. The van der Waals surface area contributed by atoms with Gasteiger partial charge in [-0.15, -0.1) is 0 Å². The molecule has 2 aromatic heterocycles. The van der Waals surface area contributed by atoms with E-state index in [2.05, 4.69) is 15.6 Å². The van der Waals surface area contributed by atoms with E-state index in [-0.39, 0.29) is 19.0 Å². The molecule has 0 aliphatic carbocycles. The van der Waals surface area contributed by atoms with Gasteiger partial charge in [-0.3, -0.25) is 18.7 Å². The monoisotopic (exact) mass is 451 g/mol. The van der Waals surface area contributed by atoms with Gasteiger partial charge >= 0.3 is 5.69 Å². The molecule has 1 amide bonds. The van der Waals surface area contributed by atoms with Crippen molar-refractivity contribution in [2.75, 3.05) is 12.4 Å². The summed E-state index contributed by atoms with van der Waals surface area (Å²) in [5, 5.41) is 5.75. The first-order valence-corrected chi connectivity index (χ1v) is 10.6. The van der Waals surface area contributed by atoms with Crippen LogP contribution in [0.15, 0.2) is 74.3 Å². The molecule has 3 heterocycles. The summed E-state index contributed by atoms with van der Waals surface area (Å²) < 4.78 is 7.64. The van der Waals surface area contributed by atoms with Crippen LogP contribution in [-0.2, 0) is 24.9 Å². The molecule has 0 unspecified atom stereocenters. The number of methoxy groups -OCH3 is 1. The lowest BCUT2D eigenvalue weighted by Gasteiger charge is -2.21. The summed E-state index contributed by atoms with van der Waals surface area (Å²) in [4.78, 5) is 43.2. The molecule has 0 atom stereocenters. The summed E-state index contributed by atoms with van der Waals surface area (Å²) >= 11 is 1.04. The number of nitrogens with one attached hydrogen (secondary N) is 2. The molecule has 32 heavy (non-hydrogen) atoms. The third kappa shape index (κ3) is 4.30. The van der Waals surface area contributed by atoms with Crippen LogP contribution in [0.3, 0.4) is 0 Å². The van der Waals surface area contributed by atoms with E-state index in [9.17, 15) is 14.4 Å². The minimum Gasteiger partial charge on any atom is -0.481 e. The molecule has 0 saturated carbocycles. The molecule has 1 aromatic carbocycles. The molecular formula is C22H21N5O4S. The molecule has 3 aromatic rings. The molecular weight excluding hydrogens is 430 g/mol. The number of hydrogen-bond acceptors (Lipinski definition) is 7. The van der Waals surface area contributed by atoms with Crippen LogP contribution >= 0.6 is 11.8 Å². The average Bonchev–Trinajstić information content (AvgIpc) is 2.84. The third-order valence-corrected chi connectivity index (χ3v) is 6.02. The summed E-state index contributed by atoms with van der Waals surface area (Å²) in [5.41, 5.74) is 0.787. The van der Waals surface area contributed by atoms with Crippen molar-refractivity contribution in [2.24, 2.45) is 7.05 Å². The highest BCUT2D eigenvalue weighted by Crippen LogP contribution is 2.33. The van der Waals surface area contributed by atoms with Crippen LogP contribution < -0.4 is 26.6 Å². The Morgan fingerprint density at radius 3 is 2.72 bits per heavy atom. The number of carbonyl (C=O) groups is 1. The standard InChI is InChI=1S/C22H21N5O4S/c1-26-19-18(21(29)27(22(26)30)13-14-6-4-3-5-7-14)32-16(12-24-19)20(28)25-11-15-8-9-23-17(10-15)31-2/h3-10,12,24H,11,13H2,1-2H3,(H,25,28).